The number of ether oxygens (including phenoxy) is 6. The molecule has 5 saturated heterocycles. The number of hydrogen-bond acceptors (Lipinski definition) is 33. The third-order valence-corrected chi connectivity index (χ3v) is 31.9. The molecular formula is C92H147N22O16P5. The number of hydrogen-bond donors (Lipinski definition) is 15. The van der Waals surface area contributed by atoms with Gasteiger partial charge in [-0.3, -0.25) is 22.8 Å². The van der Waals surface area contributed by atoms with Crippen molar-refractivity contribution < 1.29 is 79.5 Å². The third kappa shape index (κ3) is 26.4. The molecule has 10 aromatic heterocycles. The largest absolute Gasteiger partial charge is 0.467 e. The van der Waals surface area contributed by atoms with E-state index in [1.165, 1.54) is 24.6 Å². The molecule has 15 heterocycles. The van der Waals surface area contributed by atoms with Crippen LogP contribution in [0, 0.1) is 6.92 Å². The molecule has 5 fully saturated rings. The van der Waals surface area contributed by atoms with Gasteiger partial charge in [-0.1, -0.05) is 51.0 Å². The Morgan fingerprint density at radius 3 is 1.11 bits per heavy atom. The standard InChI is InChI=1S/C21H34N5O4P.C20H32N5O3P.C18H29N4O3P.C17H27N4O3P.C16H25N4O3P/c1-7-13(2)8-10-22-18-15-19(25-21(24-18)29-3)26(12-23-15)20-17(28)16(27)14(30-20)9-11-31(4,5)6;1-6-13(2)7-9-21-18-15-19(23-11-22-18)25(12-24-15)20-17(27)16(26)14(28-20)8-10-29(3,4)5;1-5-6-13-21-14-11(19)7-9-20-17(14)22(13)18-16(24)15(23)12(25-18)8-10-26(2,3)4;1-5-12-20-13-10(18)6-8-19-16(13)21(12)17-15(23)14(22)11(24-17)7-9-25(2,3)4;1-9-19-12-10(17)5-7-18-15(12)20(9)16-14(22)13(21)11(23-16)6-8-24(2,3)4/h8,12,14,16-17,20,27-28H,4,7,9-11H2,1-3,5-6H3,(H,22,24,25);7,11-12,14,16-17,20,26-27H,3,6,8-10H2,1-2,4-5H3,(H,21,22,23);7,9,12,15-16,18,23-24H,2,5-6,8,10H2,1,3-4H3,(H2,19,20);6,8,11,14-15,17,22-23H,2,5,7,9H2,1,3-4H3,(H2,18,19);5,7,11,13-14,16,21-22H,2,6,8H2,1,3-4H3,(H2,17,18)/b13-8-;13-7-;;;/t2*14-,16-,17-,20-;12-,15-,16-,18-;11-,14-,15-,17-;11-,13-,14-,16-/m11111/s1. The molecule has 18 N–H and O–H groups in total. The van der Waals surface area contributed by atoms with Crippen LogP contribution in [0.25, 0.3) is 55.8 Å². The number of nitrogens with zero attached hydrogens (tertiary/aromatic N) is 17. The first-order valence-corrected chi connectivity index (χ1v) is 61.3. The molecule has 0 bridgehead atoms. The van der Waals surface area contributed by atoms with Gasteiger partial charge in [0.1, 0.15) is 101 Å². The lowest BCUT2D eigenvalue weighted by Crippen LogP contribution is -2.32. The molecule has 43 heteroatoms. The van der Waals surface area contributed by atoms with Gasteiger partial charge in [-0.15, -0.1) is 65.9 Å². The van der Waals surface area contributed by atoms with Crippen LogP contribution in [0.3, 0.4) is 0 Å². The number of aromatic nitrogens is 17. The number of nitrogen functional groups attached to an aromatic ring is 3. The maximum atomic E-state index is 10.7. The van der Waals surface area contributed by atoms with Crippen LogP contribution >= 0.6 is 34.4 Å². The molecule has 38 nitrogen and oxygen atoms in total. The van der Waals surface area contributed by atoms with E-state index < -0.39 is 157 Å². The van der Waals surface area contributed by atoms with Gasteiger partial charge in [0.15, 0.2) is 82.0 Å². The van der Waals surface area contributed by atoms with Crippen LogP contribution in [0.2, 0.25) is 0 Å². The van der Waals surface area contributed by atoms with Crippen LogP contribution in [-0.4, -0.2) is 374 Å². The predicted octanol–water partition coefficient (Wildman–Crippen LogP) is 8.65. The first-order chi connectivity index (χ1) is 63.5. The van der Waals surface area contributed by atoms with Crippen molar-refractivity contribution in [1.82, 2.24) is 82.6 Å². The summed E-state index contributed by atoms with van der Waals surface area (Å²) in [6.07, 6.45) is 30.7. The van der Waals surface area contributed by atoms with Gasteiger partial charge in [-0.25, -0.2) is 49.8 Å². The first-order valence-electron chi connectivity index (χ1n) is 46.0. The summed E-state index contributed by atoms with van der Waals surface area (Å²) in [6, 6.07) is 5.27. The Bertz CT molecular complexity index is 6010. The molecule has 5 aliphatic heterocycles. The topological polar surface area (TPSA) is 539 Å². The fourth-order valence-corrected chi connectivity index (χ4v) is 21.2. The van der Waals surface area contributed by atoms with E-state index in [9.17, 15) is 51.1 Å². The number of pyridine rings is 3. The van der Waals surface area contributed by atoms with Crippen molar-refractivity contribution in [1.29, 1.82) is 0 Å². The zero-order valence-electron chi connectivity index (χ0n) is 81.4. The zero-order chi connectivity index (χ0) is 99.0. The maximum Gasteiger partial charge on any atom is 0.320 e. The summed E-state index contributed by atoms with van der Waals surface area (Å²) in [6.45, 7) is 30.7. The average Bonchev–Trinajstić information content (AvgIpc) is 1.61. The van der Waals surface area contributed by atoms with Gasteiger partial charge in [-0.2, -0.15) is 9.97 Å². The molecule has 746 valence electrons. The number of aryl methyl sites for hydroxylation is 3. The van der Waals surface area contributed by atoms with E-state index in [1.54, 1.807) is 72.3 Å². The fraction of sp³-hybridized carbons (Fsp3) is 0.598. The Balaban J connectivity index is 0.000000163. The van der Waals surface area contributed by atoms with Gasteiger partial charge in [0, 0.05) is 44.5 Å². The Kier molecular flexibility index (Phi) is 36.3. The van der Waals surface area contributed by atoms with Crippen LogP contribution in [0.5, 0.6) is 6.01 Å². The number of nitrogens with two attached hydrogens (primary N) is 3. The molecule has 135 heavy (non-hydrogen) atoms. The molecule has 0 amide bonds. The number of nitrogens with one attached hydrogen (secondary N) is 2. The maximum absolute atomic E-state index is 10.7. The van der Waals surface area contributed by atoms with E-state index in [-0.39, 0.29) is 6.01 Å². The second-order valence-corrected chi connectivity index (χ2v) is 60.7. The molecule has 10 aromatic rings. The monoisotopic (exact) mass is 1970 g/mol. The quantitative estimate of drug-likeness (QED) is 0.0138. The highest BCUT2D eigenvalue weighted by atomic mass is 31.2. The highest BCUT2D eigenvalue weighted by molar-refractivity contribution is 7.73. The van der Waals surface area contributed by atoms with Crippen molar-refractivity contribution in [3.05, 3.63) is 96.5 Å². The van der Waals surface area contributed by atoms with Crippen LogP contribution in [0.1, 0.15) is 142 Å². The molecule has 5 aliphatic rings. The van der Waals surface area contributed by atoms with Gasteiger partial charge < -0.3 is 107 Å². The van der Waals surface area contributed by atoms with Crippen molar-refractivity contribution in [2.24, 2.45) is 0 Å². The summed E-state index contributed by atoms with van der Waals surface area (Å²) in [5.41, 5.74) is 27.8. The normalized spacial score (nSPS) is 26.3. The summed E-state index contributed by atoms with van der Waals surface area (Å²) in [5, 5.41) is 112. The van der Waals surface area contributed by atoms with E-state index in [0.29, 0.717) is 148 Å². The number of aliphatic hydroxyl groups excluding tert-OH is 10. The van der Waals surface area contributed by atoms with E-state index in [0.717, 1.165) is 61.7 Å². The fourth-order valence-electron chi connectivity index (χ4n) is 16.4. The summed E-state index contributed by atoms with van der Waals surface area (Å²) in [7, 11) is 1.50. The minimum absolute atomic E-state index is 0.182. The summed E-state index contributed by atoms with van der Waals surface area (Å²) >= 11 is 0. The van der Waals surface area contributed by atoms with Crippen molar-refractivity contribution in [3.63, 3.8) is 0 Å². The molecular weight excluding hydrogens is 1820 g/mol. The Morgan fingerprint density at radius 2 is 0.741 bits per heavy atom. The number of allylic oxidation sites excluding steroid dienone is 2. The second-order valence-electron chi connectivity index (χ2n) is 39.1. The molecule has 0 aromatic carbocycles. The highest BCUT2D eigenvalue weighted by Gasteiger charge is 2.50. The van der Waals surface area contributed by atoms with E-state index in [4.69, 9.17) is 45.6 Å². The highest BCUT2D eigenvalue weighted by Crippen LogP contribution is 2.47. The van der Waals surface area contributed by atoms with E-state index in [1.807, 2.05) is 13.8 Å². The van der Waals surface area contributed by atoms with E-state index in [2.05, 4.69) is 215 Å². The molecule has 20 atom stereocenters. The molecule has 0 spiro atoms. The van der Waals surface area contributed by atoms with E-state index >= 15 is 0 Å². The molecule has 15 rings (SSSR count). The van der Waals surface area contributed by atoms with Crippen molar-refractivity contribution in [2.45, 2.75) is 235 Å². The van der Waals surface area contributed by atoms with Crippen LogP contribution < -0.4 is 32.6 Å². The Morgan fingerprint density at radius 1 is 0.407 bits per heavy atom. The van der Waals surface area contributed by atoms with Crippen LogP contribution in [0.15, 0.2) is 79.1 Å². The number of fused-ring (bicyclic) bond motifs is 5. The molecule has 0 aliphatic carbocycles. The van der Waals surface area contributed by atoms with Crippen LogP contribution in [0.4, 0.5) is 28.7 Å². The zero-order valence-corrected chi connectivity index (χ0v) is 85.9. The van der Waals surface area contributed by atoms with Gasteiger partial charge in [0.2, 0.25) is 0 Å². The summed E-state index contributed by atoms with van der Waals surface area (Å²) in [4.78, 5) is 53.0. The van der Waals surface area contributed by atoms with Gasteiger partial charge in [0.25, 0.3) is 0 Å². The number of methoxy groups -OCH3 is 1. The lowest BCUT2D eigenvalue weighted by Gasteiger charge is -2.20. The minimum atomic E-state index is -1.26. The van der Waals surface area contributed by atoms with Crippen molar-refractivity contribution >= 4 is 150 Å². The SMILES string of the molecule is C=P(C)(C)CC[C@H]1O[C@@H](n2c(C)nc3c(N)ccnc32)[C@H](O)[C@@H]1O.C=P(C)(C)CC[C@H]1O[C@@H](n2c(CC)nc3c(N)ccnc32)[C@H](O)[C@@H]1O.C=P(C)(C)CC[C@H]1O[C@@H](n2c(CCC)nc3c(N)ccnc32)[C@H](O)[C@@H]1O.C=P(C)(C)CC[C@H]1O[C@@H](n2cnc3c(NC/C=C(/C)CC)nc(OC)nc32)[C@H](O)[C@@H]1O.C=P(C)(C)CC[C@H]1O[C@@H](n2cnc3c(NC/C=C(/C)CC)ncnc32)[C@H](O)[C@@H]1O. The van der Waals surface area contributed by atoms with Crippen molar-refractivity contribution in [2.75, 3.05) is 145 Å². The lowest BCUT2D eigenvalue weighted by atomic mass is 10.1. The molecule has 0 unspecified atom stereocenters. The number of aliphatic hydroxyl groups is 10. The van der Waals surface area contributed by atoms with Gasteiger partial charge >= 0.3 is 6.01 Å². The number of anilines is 5. The molecule has 0 radical (unpaired) electrons. The Hall–Kier alpha value is -7.86. The smallest absolute Gasteiger partial charge is 0.320 e. The van der Waals surface area contributed by atoms with Crippen molar-refractivity contribution in [3.8, 4) is 6.01 Å². The number of imidazole rings is 5. The van der Waals surface area contributed by atoms with Gasteiger partial charge in [0.05, 0.1) is 67.3 Å². The second kappa shape index (κ2) is 45.6. The summed E-state index contributed by atoms with van der Waals surface area (Å²) < 4.78 is 44.1. The predicted molar refractivity (Wildman–Crippen MR) is 553 cm³/mol. The third-order valence-electron chi connectivity index (χ3n) is 24.5. The lowest BCUT2D eigenvalue weighted by molar-refractivity contribution is -0.0368. The van der Waals surface area contributed by atoms with Gasteiger partial charge in [-0.05, 0) is 188 Å². The average molecular weight is 1970 g/mol. The minimum Gasteiger partial charge on any atom is -0.467 e. The number of rotatable bonds is 32. The summed E-state index contributed by atoms with van der Waals surface area (Å²) in [5.74, 6) is 3.28. The first kappa shape index (κ1) is 108. The Labute approximate surface area is 791 Å². The van der Waals surface area contributed by atoms with Crippen LogP contribution in [-0.2, 0) is 36.5 Å². The molecule has 0 saturated carbocycles.